The van der Waals surface area contributed by atoms with Gasteiger partial charge in [-0.25, -0.2) is 4.79 Å². The highest BCUT2D eigenvalue weighted by Gasteiger charge is 2.04. The van der Waals surface area contributed by atoms with Crippen LogP contribution < -0.4 is 10.6 Å². The van der Waals surface area contributed by atoms with E-state index >= 15 is 0 Å². The van der Waals surface area contributed by atoms with E-state index in [1.807, 2.05) is 31.2 Å². The SMILES string of the molecule is COC(=O)CNC(=O)NCc1ccc(C)cc1. The fraction of sp³-hybridized carbons (Fsp3) is 0.333. The van der Waals surface area contributed by atoms with E-state index in [0.29, 0.717) is 6.54 Å². The maximum atomic E-state index is 11.3. The van der Waals surface area contributed by atoms with Gasteiger partial charge in [-0.2, -0.15) is 0 Å². The molecule has 1 rings (SSSR count). The Bertz CT molecular complexity index is 387. The number of benzene rings is 1. The van der Waals surface area contributed by atoms with Crippen LogP contribution in [0.2, 0.25) is 0 Å². The normalized spacial score (nSPS) is 9.53. The molecule has 0 saturated heterocycles. The van der Waals surface area contributed by atoms with Crippen LogP contribution in [0.1, 0.15) is 11.1 Å². The number of aryl methyl sites for hydroxylation is 1. The van der Waals surface area contributed by atoms with Gasteiger partial charge in [-0.1, -0.05) is 29.8 Å². The van der Waals surface area contributed by atoms with Crippen molar-refractivity contribution in [2.24, 2.45) is 0 Å². The third-order valence-corrected chi connectivity index (χ3v) is 2.19. The molecular formula is C12H16N2O3. The average molecular weight is 236 g/mol. The molecule has 0 saturated carbocycles. The number of carbonyl (C=O) groups excluding carboxylic acids is 2. The van der Waals surface area contributed by atoms with Gasteiger partial charge in [0.25, 0.3) is 0 Å². The quantitative estimate of drug-likeness (QED) is 0.765. The summed E-state index contributed by atoms with van der Waals surface area (Å²) in [5.41, 5.74) is 2.17. The largest absolute Gasteiger partial charge is 0.468 e. The van der Waals surface area contributed by atoms with Crippen LogP contribution >= 0.6 is 0 Å². The molecule has 0 spiro atoms. The Morgan fingerprint density at radius 1 is 1.18 bits per heavy atom. The van der Waals surface area contributed by atoms with Gasteiger partial charge in [0.1, 0.15) is 6.54 Å². The Kier molecular flexibility index (Phi) is 5.00. The minimum absolute atomic E-state index is 0.129. The monoisotopic (exact) mass is 236 g/mol. The summed E-state index contributed by atoms with van der Waals surface area (Å²) in [6.07, 6.45) is 0. The summed E-state index contributed by atoms with van der Waals surface area (Å²) in [5.74, 6) is -0.476. The predicted molar refractivity (Wildman–Crippen MR) is 63.4 cm³/mol. The van der Waals surface area contributed by atoms with Gasteiger partial charge in [0.2, 0.25) is 0 Å². The highest BCUT2D eigenvalue weighted by Crippen LogP contribution is 2.02. The van der Waals surface area contributed by atoms with Crippen molar-refractivity contribution in [3.05, 3.63) is 35.4 Å². The third-order valence-electron chi connectivity index (χ3n) is 2.19. The van der Waals surface area contributed by atoms with E-state index in [4.69, 9.17) is 0 Å². The highest BCUT2D eigenvalue weighted by molar-refractivity contribution is 5.80. The molecule has 5 nitrogen and oxygen atoms in total. The first-order valence-corrected chi connectivity index (χ1v) is 5.26. The maximum Gasteiger partial charge on any atom is 0.325 e. The summed E-state index contributed by atoms with van der Waals surface area (Å²) in [7, 11) is 1.27. The zero-order valence-corrected chi connectivity index (χ0v) is 9.95. The minimum atomic E-state index is -0.476. The molecule has 0 aliphatic heterocycles. The second kappa shape index (κ2) is 6.52. The first kappa shape index (κ1) is 13.0. The van der Waals surface area contributed by atoms with Crippen LogP contribution in [0.4, 0.5) is 4.79 Å². The maximum absolute atomic E-state index is 11.3. The Morgan fingerprint density at radius 3 is 2.41 bits per heavy atom. The van der Waals surface area contributed by atoms with Crippen LogP contribution in [-0.4, -0.2) is 25.7 Å². The molecule has 0 aliphatic carbocycles. The van der Waals surface area contributed by atoms with Crippen molar-refractivity contribution in [2.75, 3.05) is 13.7 Å². The molecule has 0 bridgehead atoms. The Labute approximate surface area is 100 Å². The molecule has 0 aromatic heterocycles. The molecule has 17 heavy (non-hydrogen) atoms. The topological polar surface area (TPSA) is 67.4 Å². The number of hydrogen-bond donors (Lipinski definition) is 2. The minimum Gasteiger partial charge on any atom is -0.468 e. The number of amides is 2. The summed E-state index contributed by atoms with van der Waals surface area (Å²) in [4.78, 5) is 22.0. The van der Waals surface area contributed by atoms with Gasteiger partial charge < -0.3 is 15.4 Å². The summed E-state index contributed by atoms with van der Waals surface area (Å²) >= 11 is 0. The number of carbonyl (C=O) groups is 2. The smallest absolute Gasteiger partial charge is 0.325 e. The van der Waals surface area contributed by atoms with E-state index in [1.54, 1.807) is 0 Å². The number of nitrogens with one attached hydrogen (secondary N) is 2. The Morgan fingerprint density at radius 2 is 1.82 bits per heavy atom. The summed E-state index contributed by atoms with van der Waals surface area (Å²) in [5, 5.41) is 5.03. The van der Waals surface area contributed by atoms with Crippen LogP contribution in [0.25, 0.3) is 0 Å². The number of hydrogen-bond acceptors (Lipinski definition) is 3. The highest BCUT2D eigenvalue weighted by atomic mass is 16.5. The lowest BCUT2D eigenvalue weighted by molar-refractivity contribution is -0.139. The molecule has 5 heteroatoms. The molecule has 1 aromatic rings. The van der Waals surface area contributed by atoms with Crippen LogP contribution in [0, 0.1) is 6.92 Å². The zero-order chi connectivity index (χ0) is 12.7. The second-order valence-electron chi connectivity index (χ2n) is 3.60. The van der Waals surface area contributed by atoms with Gasteiger partial charge in [-0.3, -0.25) is 4.79 Å². The van der Waals surface area contributed by atoms with Crippen molar-refractivity contribution in [1.29, 1.82) is 0 Å². The van der Waals surface area contributed by atoms with E-state index in [1.165, 1.54) is 12.7 Å². The second-order valence-corrected chi connectivity index (χ2v) is 3.60. The molecule has 1 aromatic carbocycles. The molecular weight excluding hydrogens is 220 g/mol. The zero-order valence-electron chi connectivity index (χ0n) is 9.95. The van der Waals surface area contributed by atoms with Crippen LogP contribution in [0.3, 0.4) is 0 Å². The van der Waals surface area contributed by atoms with E-state index in [0.717, 1.165) is 5.56 Å². The van der Waals surface area contributed by atoms with E-state index < -0.39 is 12.0 Å². The van der Waals surface area contributed by atoms with E-state index in [9.17, 15) is 9.59 Å². The third kappa shape index (κ3) is 5.01. The van der Waals surface area contributed by atoms with Crippen molar-refractivity contribution < 1.29 is 14.3 Å². The van der Waals surface area contributed by atoms with Crippen LogP contribution in [-0.2, 0) is 16.1 Å². The summed E-state index contributed by atoms with van der Waals surface area (Å²) in [6.45, 7) is 2.30. The molecule has 0 radical (unpaired) electrons. The Hall–Kier alpha value is -2.04. The van der Waals surface area contributed by atoms with Crippen molar-refractivity contribution in [3.8, 4) is 0 Å². The average Bonchev–Trinajstić information content (AvgIpc) is 2.35. The number of methoxy groups -OCH3 is 1. The number of urea groups is 1. The Balaban J connectivity index is 2.28. The standard InChI is InChI=1S/C12H16N2O3/c1-9-3-5-10(6-4-9)7-13-12(16)14-8-11(15)17-2/h3-6H,7-8H2,1-2H3,(H2,13,14,16). The van der Waals surface area contributed by atoms with E-state index in [-0.39, 0.29) is 6.54 Å². The number of ether oxygens (including phenoxy) is 1. The molecule has 0 unspecified atom stereocenters. The number of rotatable bonds is 4. The van der Waals surface area contributed by atoms with Gasteiger partial charge in [-0.15, -0.1) is 0 Å². The molecule has 2 amide bonds. The first-order chi connectivity index (χ1) is 8.11. The lowest BCUT2D eigenvalue weighted by Crippen LogP contribution is -2.38. The molecule has 0 fully saturated rings. The fourth-order valence-corrected chi connectivity index (χ4v) is 1.18. The molecule has 0 atom stereocenters. The van der Waals surface area contributed by atoms with Gasteiger partial charge in [0.15, 0.2) is 0 Å². The van der Waals surface area contributed by atoms with Crippen LogP contribution in [0.5, 0.6) is 0 Å². The summed E-state index contributed by atoms with van der Waals surface area (Å²) in [6, 6.07) is 7.44. The van der Waals surface area contributed by atoms with Gasteiger partial charge in [-0.05, 0) is 12.5 Å². The predicted octanol–water partition coefficient (Wildman–Crippen LogP) is 0.967. The van der Waals surface area contributed by atoms with Crippen molar-refractivity contribution in [1.82, 2.24) is 10.6 Å². The molecule has 0 heterocycles. The molecule has 92 valence electrons. The van der Waals surface area contributed by atoms with Crippen molar-refractivity contribution >= 4 is 12.0 Å². The van der Waals surface area contributed by atoms with Gasteiger partial charge in [0.05, 0.1) is 7.11 Å². The molecule has 0 aliphatic rings. The van der Waals surface area contributed by atoms with E-state index in [2.05, 4.69) is 15.4 Å². The lowest BCUT2D eigenvalue weighted by atomic mass is 10.1. The summed E-state index contributed by atoms with van der Waals surface area (Å²) < 4.78 is 4.40. The fourth-order valence-electron chi connectivity index (χ4n) is 1.18. The van der Waals surface area contributed by atoms with Crippen molar-refractivity contribution in [3.63, 3.8) is 0 Å². The lowest BCUT2D eigenvalue weighted by Gasteiger charge is -2.06. The molecule has 2 N–H and O–H groups in total. The first-order valence-electron chi connectivity index (χ1n) is 5.26. The number of esters is 1. The van der Waals surface area contributed by atoms with Gasteiger partial charge in [0, 0.05) is 6.54 Å². The van der Waals surface area contributed by atoms with Crippen LogP contribution in [0.15, 0.2) is 24.3 Å². The van der Waals surface area contributed by atoms with Crippen molar-refractivity contribution in [2.45, 2.75) is 13.5 Å². The van der Waals surface area contributed by atoms with Gasteiger partial charge >= 0.3 is 12.0 Å².